The summed E-state index contributed by atoms with van der Waals surface area (Å²) >= 11 is 1.69. The normalized spacial score (nSPS) is 16.8. The summed E-state index contributed by atoms with van der Waals surface area (Å²) in [7, 11) is -0.670. The number of aromatic nitrogens is 2. The van der Waals surface area contributed by atoms with E-state index >= 15 is 0 Å². The number of aryl methyl sites for hydroxylation is 1. The summed E-state index contributed by atoms with van der Waals surface area (Å²) in [6, 6.07) is 2.15. The van der Waals surface area contributed by atoms with E-state index in [1.807, 2.05) is 6.92 Å². The molecule has 0 amide bonds. The maximum atomic E-state index is 11.5. The lowest BCUT2D eigenvalue weighted by molar-refractivity contribution is 0.672. The Kier molecular flexibility index (Phi) is 3.89. The number of hydrogen-bond donors (Lipinski definition) is 1. The maximum Gasteiger partial charge on any atom is 0.226 e. The van der Waals surface area contributed by atoms with E-state index in [1.54, 1.807) is 11.3 Å². The van der Waals surface area contributed by atoms with Crippen LogP contribution < -0.4 is 10.2 Å². The van der Waals surface area contributed by atoms with Gasteiger partial charge in [0.05, 0.1) is 5.39 Å². The zero-order valence-corrected chi connectivity index (χ0v) is 13.3. The minimum atomic E-state index is -0.670. The molecule has 7 heteroatoms. The zero-order valence-electron chi connectivity index (χ0n) is 11.7. The van der Waals surface area contributed by atoms with Gasteiger partial charge in [0.2, 0.25) is 5.95 Å². The summed E-state index contributed by atoms with van der Waals surface area (Å²) in [5.41, 5.74) is 0. The van der Waals surface area contributed by atoms with E-state index in [0.29, 0.717) is 5.95 Å². The highest BCUT2D eigenvalue weighted by atomic mass is 32.2. The van der Waals surface area contributed by atoms with Gasteiger partial charge >= 0.3 is 0 Å². The predicted octanol–water partition coefficient (Wildman–Crippen LogP) is 2.00. The van der Waals surface area contributed by atoms with E-state index in [9.17, 15) is 4.21 Å². The van der Waals surface area contributed by atoms with E-state index in [4.69, 9.17) is 0 Å². The Morgan fingerprint density at radius 2 is 2.15 bits per heavy atom. The smallest absolute Gasteiger partial charge is 0.226 e. The second-order valence-electron chi connectivity index (χ2n) is 4.81. The molecule has 1 N–H and O–H groups in total. The quantitative estimate of drug-likeness (QED) is 0.939. The SMILES string of the molecule is CCNc1nc(N2CCS(=O)CC2)c2cc(C)sc2n1. The highest BCUT2D eigenvalue weighted by Crippen LogP contribution is 2.32. The number of nitrogens with one attached hydrogen (secondary N) is 1. The molecule has 3 heterocycles. The first kappa shape index (κ1) is 13.8. The van der Waals surface area contributed by atoms with Crippen molar-refractivity contribution < 1.29 is 4.21 Å². The summed E-state index contributed by atoms with van der Waals surface area (Å²) < 4.78 is 11.5. The minimum absolute atomic E-state index is 0.670. The van der Waals surface area contributed by atoms with Crippen molar-refractivity contribution in [3.63, 3.8) is 0 Å². The van der Waals surface area contributed by atoms with Gasteiger partial charge in [-0.15, -0.1) is 11.3 Å². The number of fused-ring (bicyclic) bond motifs is 1. The minimum Gasteiger partial charge on any atom is -0.354 e. The summed E-state index contributed by atoms with van der Waals surface area (Å²) in [6.07, 6.45) is 0. The summed E-state index contributed by atoms with van der Waals surface area (Å²) in [4.78, 5) is 13.7. The van der Waals surface area contributed by atoms with Crippen LogP contribution in [0.2, 0.25) is 0 Å². The number of anilines is 2. The van der Waals surface area contributed by atoms with E-state index in [1.165, 1.54) is 4.88 Å². The summed E-state index contributed by atoms with van der Waals surface area (Å²) in [5.74, 6) is 3.12. The Morgan fingerprint density at radius 3 is 2.85 bits per heavy atom. The van der Waals surface area contributed by atoms with Gasteiger partial charge in [-0.2, -0.15) is 4.98 Å². The molecule has 5 nitrogen and oxygen atoms in total. The predicted molar refractivity (Wildman–Crippen MR) is 86.4 cm³/mol. The van der Waals surface area contributed by atoms with Crippen LogP contribution in [0.4, 0.5) is 11.8 Å². The molecule has 1 fully saturated rings. The fourth-order valence-corrected chi connectivity index (χ4v) is 4.28. The molecule has 0 spiro atoms. The van der Waals surface area contributed by atoms with Crippen LogP contribution >= 0.6 is 11.3 Å². The van der Waals surface area contributed by atoms with Crippen LogP contribution in [0.1, 0.15) is 11.8 Å². The fraction of sp³-hybridized carbons (Fsp3) is 0.538. The second-order valence-corrected chi connectivity index (χ2v) is 7.74. The molecule has 0 bridgehead atoms. The lowest BCUT2D eigenvalue weighted by Crippen LogP contribution is -2.38. The van der Waals surface area contributed by atoms with Crippen molar-refractivity contribution in [3.05, 3.63) is 10.9 Å². The average molecular weight is 310 g/mol. The van der Waals surface area contributed by atoms with E-state index < -0.39 is 10.8 Å². The van der Waals surface area contributed by atoms with Gasteiger partial charge in [0, 0.05) is 46.8 Å². The first-order valence-electron chi connectivity index (χ1n) is 6.79. The van der Waals surface area contributed by atoms with Crippen LogP contribution in [0, 0.1) is 6.92 Å². The maximum absolute atomic E-state index is 11.5. The van der Waals surface area contributed by atoms with Crippen LogP contribution in [0.25, 0.3) is 10.2 Å². The van der Waals surface area contributed by atoms with Crippen molar-refractivity contribution in [2.24, 2.45) is 0 Å². The molecular formula is C13H18N4OS2. The molecule has 20 heavy (non-hydrogen) atoms. The zero-order chi connectivity index (χ0) is 14.1. The van der Waals surface area contributed by atoms with Gasteiger partial charge in [-0.25, -0.2) is 4.98 Å². The topological polar surface area (TPSA) is 58.1 Å². The Labute approximate surface area is 124 Å². The molecule has 0 aliphatic carbocycles. The van der Waals surface area contributed by atoms with Crippen molar-refractivity contribution in [2.45, 2.75) is 13.8 Å². The highest BCUT2D eigenvalue weighted by molar-refractivity contribution is 7.85. The number of hydrogen-bond acceptors (Lipinski definition) is 6. The van der Waals surface area contributed by atoms with E-state index in [2.05, 4.69) is 33.2 Å². The van der Waals surface area contributed by atoms with Gasteiger partial charge in [-0.05, 0) is 19.9 Å². The van der Waals surface area contributed by atoms with Gasteiger partial charge in [-0.1, -0.05) is 0 Å². The van der Waals surface area contributed by atoms with Crippen molar-refractivity contribution in [1.82, 2.24) is 9.97 Å². The van der Waals surface area contributed by atoms with Crippen LogP contribution in [-0.4, -0.2) is 45.3 Å². The molecular weight excluding hydrogens is 292 g/mol. The summed E-state index contributed by atoms with van der Waals surface area (Å²) in [6.45, 7) is 6.54. The molecule has 108 valence electrons. The third kappa shape index (κ3) is 2.64. The summed E-state index contributed by atoms with van der Waals surface area (Å²) in [5, 5.41) is 4.31. The van der Waals surface area contributed by atoms with Crippen LogP contribution in [0.3, 0.4) is 0 Å². The molecule has 0 aromatic carbocycles. The molecule has 2 aromatic heterocycles. The van der Waals surface area contributed by atoms with Crippen molar-refractivity contribution in [1.29, 1.82) is 0 Å². The molecule has 1 aliphatic heterocycles. The number of nitrogens with zero attached hydrogens (tertiary/aromatic N) is 3. The standard InChI is InChI=1S/C13H18N4OS2/c1-3-14-13-15-11(17-4-6-20(18)7-5-17)10-8-9(2)19-12(10)16-13/h8H,3-7H2,1-2H3,(H,14,15,16). The largest absolute Gasteiger partial charge is 0.354 e. The third-order valence-electron chi connectivity index (χ3n) is 3.31. The molecule has 0 saturated carbocycles. The molecule has 0 radical (unpaired) electrons. The Morgan fingerprint density at radius 1 is 1.40 bits per heavy atom. The van der Waals surface area contributed by atoms with Gasteiger partial charge < -0.3 is 10.2 Å². The Bertz CT molecular complexity index is 645. The van der Waals surface area contributed by atoms with Crippen molar-refractivity contribution >= 4 is 44.1 Å². The molecule has 2 aromatic rings. The third-order valence-corrected chi connectivity index (χ3v) is 5.53. The molecule has 0 atom stereocenters. The van der Waals surface area contributed by atoms with Gasteiger partial charge in [0.1, 0.15) is 10.6 Å². The van der Waals surface area contributed by atoms with Crippen LogP contribution in [0.5, 0.6) is 0 Å². The molecule has 3 rings (SSSR count). The van der Waals surface area contributed by atoms with Crippen molar-refractivity contribution in [3.8, 4) is 0 Å². The second kappa shape index (κ2) is 5.65. The van der Waals surface area contributed by atoms with Crippen LogP contribution in [-0.2, 0) is 10.8 Å². The first-order valence-corrected chi connectivity index (χ1v) is 9.10. The number of thiophene rings is 1. The monoisotopic (exact) mass is 310 g/mol. The Hall–Kier alpha value is -1.21. The van der Waals surface area contributed by atoms with Crippen molar-refractivity contribution in [2.75, 3.05) is 41.4 Å². The van der Waals surface area contributed by atoms with Gasteiger partial charge in [0.25, 0.3) is 0 Å². The lowest BCUT2D eigenvalue weighted by atomic mass is 10.3. The van der Waals surface area contributed by atoms with Crippen LogP contribution in [0.15, 0.2) is 6.07 Å². The average Bonchev–Trinajstić information content (AvgIpc) is 2.79. The van der Waals surface area contributed by atoms with Gasteiger partial charge in [0.15, 0.2) is 0 Å². The van der Waals surface area contributed by atoms with E-state index in [0.717, 1.165) is 47.2 Å². The first-order chi connectivity index (χ1) is 9.67. The lowest BCUT2D eigenvalue weighted by Gasteiger charge is -2.28. The fourth-order valence-electron chi connectivity index (χ4n) is 2.35. The van der Waals surface area contributed by atoms with E-state index in [-0.39, 0.29) is 0 Å². The van der Waals surface area contributed by atoms with Gasteiger partial charge in [-0.3, -0.25) is 4.21 Å². The molecule has 0 unspecified atom stereocenters. The molecule has 1 aliphatic rings. The highest BCUT2D eigenvalue weighted by Gasteiger charge is 2.20. The number of rotatable bonds is 3. The molecule has 1 saturated heterocycles. The Balaban J connectivity index is 2.04.